The molecular weight excluding hydrogens is 386 g/mol. The minimum atomic E-state index is 0.506. The van der Waals surface area contributed by atoms with Gasteiger partial charge in [-0.05, 0) is 70.1 Å². The third kappa shape index (κ3) is 3.39. The van der Waals surface area contributed by atoms with Gasteiger partial charge < -0.3 is 5.32 Å². The van der Waals surface area contributed by atoms with E-state index in [1.165, 1.54) is 32.1 Å². The standard InChI is InChI=1S/C21H25N5S2/c1-11-17(20-25-18-12(2)22-9-8-16(18)28-20)19(26-21(23-11)27-3)24-15-7-6-14(10-15)13-4-5-13/h8-9,13-15H,4-7,10H2,1-3H3,(H,23,24,26). The van der Waals surface area contributed by atoms with Crippen molar-refractivity contribution in [3.63, 3.8) is 0 Å². The Kier molecular flexibility index (Phi) is 4.75. The second-order valence-electron chi connectivity index (χ2n) is 8.03. The first-order chi connectivity index (χ1) is 13.6. The van der Waals surface area contributed by atoms with E-state index in [0.29, 0.717) is 6.04 Å². The second kappa shape index (κ2) is 7.26. The molecule has 0 amide bonds. The van der Waals surface area contributed by atoms with Gasteiger partial charge in [0, 0.05) is 12.2 Å². The number of thioether (sulfide) groups is 1. The first kappa shape index (κ1) is 18.3. The molecule has 5 nitrogen and oxygen atoms in total. The summed E-state index contributed by atoms with van der Waals surface area (Å²) in [5, 5.41) is 5.58. The molecule has 0 bridgehead atoms. The summed E-state index contributed by atoms with van der Waals surface area (Å²) >= 11 is 3.29. The number of nitrogens with one attached hydrogen (secondary N) is 1. The molecule has 2 aliphatic carbocycles. The third-order valence-electron chi connectivity index (χ3n) is 6.06. The topological polar surface area (TPSA) is 63.6 Å². The van der Waals surface area contributed by atoms with Gasteiger partial charge >= 0.3 is 0 Å². The monoisotopic (exact) mass is 411 g/mol. The summed E-state index contributed by atoms with van der Waals surface area (Å²) in [6.07, 6.45) is 10.6. The number of hydrogen-bond donors (Lipinski definition) is 1. The van der Waals surface area contributed by atoms with Crippen LogP contribution in [0.5, 0.6) is 0 Å². The molecule has 0 aliphatic heterocycles. The second-order valence-corrected chi connectivity index (χ2v) is 9.84. The normalized spacial score (nSPS) is 22.1. The number of rotatable bonds is 5. The Morgan fingerprint density at radius 1 is 1.04 bits per heavy atom. The molecule has 3 aromatic rings. The van der Waals surface area contributed by atoms with Crippen LogP contribution in [0.2, 0.25) is 0 Å². The Morgan fingerprint density at radius 3 is 2.61 bits per heavy atom. The average molecular weight is 412 g/mol. The molecule has 0 saturated heterocycles. The maximum Gasteiger partial charge on any atom is 0.189 e. The largest absolute Gasteiger partial charge is 0.367 e. The van der Waals surface area contributed by atoms with Crippen molar-refractivity contribution in [1.82, 2.24) is 19.9 Å². The van der Waals surface area contributed by atoms with Crippen molar-refractivity contribution in [2.75, 3.05) is 11.6 Å². The number of anilines is 1. The van der Waals surface area contributed by atoms with Crippen LogP contribution in [0.4, 0.5) is 5.82 Å². The predicted molar refractivity (Wildman–Crippen MR) is 117 cm³/mol. The van der Waals surface area contributed by atoms with E-state index in [1.807, 2.05) is 25.4 Å². The van der Waals surface area contributed by atoms with Crippen LogP contribution in [0.3, 0.4) is 0 Å². The first-order valence-corrected chi connectivity index (χ1v) is 12.1. The van der Waals surface area contributed by atoms with Crippen molar-refractivity contribution in [2.45, 2.75) is 57.1 Å². The Morgan fingerprint density at radius 2 is 1.86 bits per heavy atom. The quantitative estimate of drug-likeness (QED) is 0.443. The zero-order valence-corrected chi connectivity index (χ0v) is 18.2. The van der Waals surface area contributed by atoms with E-state index >= 15 is 0 Å². The molecule has 28 heavy (non-hydrogen) atoms. The summed E-state index contributed by atoms with van der Waals surface area (Å²) in [6.45, 7) is 4.09. The zero-order chi connectivity index (χ0) is 19.3. The van der Waals surface area contributed by atoms with E-state index in [2.05, 4.69) is 17.2 Å². The number of thiazole rings is 1. The minimum absolute atomic E-state index is 0.506. The summed E-state index contributed by atoms with van der Waals surface area (Å²) in [5.74, 6) is 2.84. The number of aromatic nitrogens is 4. The molecule has 146 valence electrons. The number of fused-ring (bicyclic) bond motifs is 1. The predicted octanol–water partition coefficient (Wildman–Crippen LogP) is 5.48. The molecule has 3 aromatic heterocycles. The van der Waals surface area contributed by atoms with Gasteiger partial charge in [-0.25, -0.2) is 15.0 Å². The smallest absolute Gasteiger partial charge is 0.189 e. The molecule has 1 N–H and O–H groups in total. The molecule has 2 unspecified atom stereocenters. The summed E-state index contributed by atoms with van der Waals surface area (Å²) < 4.78 is 1.16. The number of nitrogens with zero attached hydrogens (tertiary/aromatic N) is 4. The molecular formula is C21H25N5S2. The van der Waals surface area contributed by atoms with E-state index in [1.54, 1.807) is 23.1 Å². The lowest BCUT2D eigenvalue weighted by Crippen LogP contribution is -2.18. The van der Waals surface area contributed by atoms with E-state index < -0.39 is 0 Å². The zero-order valence-electron chi connectivity index (χ0n) is 16.5. The van der Waals surface area contributed by atoms with Gasteiger partial charge in [0.2, 0.25) is 0 Å². The molecule has 2 aliphatic rings. The summed E-state index contributed by atoms with van der Waals surface area (Å²) in [7, 11) is 0. The third-order valence-corrected chi connectivity index (χ3v) is 7.64. The maximum atomic E-state index is 4.92. The lowest BCUT2D eigenvalue weighted by molar-refractivity contribution is 0.475. The van der Waals surface area contributed by atoms with Crippen molar-refractivity contribution in [3.8, 4) is 10.6 Å². The van der Waals surface area contributed by atoms with Crippen LogP contribution in [-0.2, 0) is 0 Å². The Balaban J connectivity index is 1.53. The van der Waals surface area contributed by atoms with Crippen LogP contribution < -0.4 is 5.32 Å². The van der Waals surface area contributed by atoms with Crippen molar-refractivity contribution >= 4 is 39.1 Å². The van der Waals surface area contributed by atoms with Crippen LogP contribution in [0, 0.1) is 25.7 Å². The Bertz CT molecular complexity index is 1030. The average Bonchev–Trinajstić information content (AvgIpc) is 3.27. The molecule has 0 spiro atoms. The van der Waals surface area contributed by atoms with Crippen molar-refractivity contribution in [2.24, 2.45) is 11.8 Å². The van der Waals surface area contributed by atoms with Gasteiger partial charge in [0.15, 0.2) is 5.16 Å². The summed E-state index contributed by atoms with van der Waals surface area (Å²) in [6, 6.07) is 2.55. The van der Waals surface area contributed by atoms with Gasteiger partial charge in [-0.3, -0.25) is 4.98 Å². The Labute approximate surface area is 173 Å². The number of aryl methyl sites for hydroxylation is 2. The van der Waals surface area contributed by atoms with Gasteiger partial charge in [-0.2, -0.15) is 0 Å². The highest BCUT2D eigenvalue weighted by atomic mass is 32.2. The van der Waals surface area contributed by atoms with Gasteiger partial charge in [0.1, 0.15) is 16.3 Å². The van der Waals surface area contributed by atoms with E-state index in [-0.39, 0.29) is 0 Å². The highest BCUT2D eigenvalue weighted by molar-refractivity contribution is 7.98. The molecule has 2 atom stereocenters. The maximum absolute atomic E-state index is 4.92. The molecule has 2 saturated carbocycles. The van der Waals surface area contributed by atoms with E-state index in [4.69, 9.17) is 15.0 Å². The van der Waals surface area contributed by atoms with Crippen molar-refractivity contribution in [3.05, 3.63) is 23.7 Å². The van der Waals surface area contributed by atoms with Gasteiger partial charge in [-0.1, -0.05) is 11.8 Å². The van der Waals surface area contributed by atoms with Crippen molar-refractivity contribution in [1.29, 1.82) is 0 Å². The molecule has 2 fully saturated rings. The first-order valence-electron chi connectivity index (χ1n) is 10.0. The summed E-state index contributed by atoms with van der Waals surface area (Å²) in [4.78, 5) is 18.9. The number of pyridine rings is 1. The molecule has 0 radical (unpaired) electrons. The van der Waals surface area contributed by atoms with Crippen LogP contribution in [0.1, 0.15) is 43.5 Å². The molecule has 0 aromatic carbocycles. The van der Waals surface area contributed by atoms with Crippen LogP contribution in [0.25, 0.3) is 20.8 Å². The Hall–Kier alpha value is -1.73. The lowest BCUT2D eigenvalue weighted by Gasteiger charge is -2.18. The van der Waals surface area contributed by atoms with Gasteiger partial charge in [0.25, 0.3) is 0 Å². The highest BCUT2D eigenvalue weighted by Gasteiger charge is 2.37. The number of hydrogen-bond acceptors (Lipinski definition) is 7. The van der Waals surface area contributed by atoms with Gasteiger partial charge in [0.05, 0.1) is 21.7 Å². The van der Waals surface area contributed by atoms with Crippen LogP contribution >= 0.6 is 23.1 Å². The van der Waals surface area contributed by atoms with Gasteiger partial charge in [-0.15, -0.1) is 11.3 Å². The summed E-state index contributed by atoms with van der Waals surface area (Å²) in [5.41, 5.74) is 3.99. The van der Waals surface area contributed by atoms with Crippen LogP contribution in [-0.4, -0.2) is 32.2 Å². The lowest BCUT2D eigenvalue weighted by atomic mass is 10.0. The van der Waals surface area contributed by atoms with Crippen LogP contribution in [0.15, 0.2) is 17.4 Å². The van der Waals surface area contributed by atoms with Crippen molar-refractivity contribution < 1.29 is 0 Å². The minimum Gasteiger partial charge on any atom is -0.367 e. The molecule has 3 heterocycles. The van der Waals surface area contributed by atoms with E-state index in [9.17, 15) is 0 Å². The fraction of sp³-hybridized carbons (Fsp3) is 0.524. The molecule has 5 rings (SSSR count). The fourth-order valence-electron chi connectivity index (χ4n) is 4.42. The highest BCUT2D eigenvalue weighted by Crippen LogP contribution is 2.46. The SMILES string of the molecule is CSc1nc(C)c(-c2nc3c(C)nccc3s2)c(NC2CCC(C3CC3)C2)n1. The molecule has 7 heteroatoms. The van der Waals surface area contributed by atoms with E-state index in [0.717, 1.165) is 55.0 Å². The fourth-order valence-corrected chi connectivity index (χ4v) is 5.95.